The van der Waals surface area contributed by atoms with Gasteiger partial charge in [0.05, 0.1) is 0 Å². The largest absolute Gasteiger partial charge is 0.458 e. The molecule has 0 saturated carbocycles. The number of rotatable bonds is 1. The molecule has 2 aromatic rings. The molecule has 1 aromatic heterocycles. The maximum absolute atomic E-state index is 12.8. The van der Waals surface area contributed by atoms with Crippen molar-refractivity contribution in [1.82, 2.24) is 9.80 Å². The molecule has 0 unspecified atom stereocenters. The third kappa shape index (κ3) is 2.35. The molecule has 1 aromatic carbocycles. The summed E-state index contributed by atoms with van der Waals surface area (Å²) in [4.78, 5) is 16.8. The van der Waals surface area contributed by atoms with Gasteiger partial charge < -0.3 is 23.7 Å². The minimum Gasteiger partial charge on any atom is -0.458 e. The number of likely N-dealkylation sites (N-methyl/N-ethyl adjacent to an activating group) is 1. The van der Waals surface area contributed by atoms with Gasteiger partial charge in [-0.15, -0.1) is 0 Å². The number of benzene rings is 1. The Hall–Kier alpha value is -2.47. The SMILES string of the molecule is Cc1c(C(=O)N2CCN(C)CC2)oc2cc3c(cc12)OC=CO3. The molecule has 0 bridgehead atoms. The van der Waals surface area contributed by atoms with Crippen molar-refractivity contribution in [3.63, 3.8) is 0 Å². The second-order valence-electron chi connectivity index (χ2n) is 5.95. The Bertz CT molecular complexity index is 801. The zero-order chi connectivity index (χ0) is 16.0. The molecule has 0 aliphatic carbocycles. The maximum Gasteiger partial charge on any atom is 0.289 e. The number of amides is 1. The third-order valence-corrected chi connectivity index (χ3v) is 4.43. The molecule has 6 nitrogen and oxygen atoms in total. The van der Waals surface area contributed by atoms with Crippen molar-refractivity contribution in [2.45, 2.75) is 6.92 Å². The number of carbonyl (C=O) groups is 1. The van der Waals surface area contributed by atoms with Gasteiger partial charge in [0, 0.05) is 43.2 Å². The molecule has 2 aliphatic rings. The normalized spacial score (nSPS) is 17.7. The highest BCUT2D eigenvalue weighted by molar-refractivity contribution is 5.99. The molecule has 2 aliphatic heterocycles. The lowest BCUT2D eigenvalue weighted by atomic mass is 10.1. The molecule has 1 amide bonds. The molecule has 4 rings (SSSR count). The topological polar surface area (TPSA) is 55.2 Å². The quantitative estimate of drug-likeness (QED) is 0.809. The van der Waals surface area contributed by atoms with Crippen LogP contribution in [0.15, 0.2) is 29.1 Å². The van der Waals surface area contributed by atoms with Gasteiger partial charge in [-0.2, -0.15) is 0 Å². The Labute approximate surface area is 133 Å². The Morgan fingerprint density at radius 3 is 2.39 bits per heavy atom. The van der Waals surface area contributed by atoms with Gasteiger partial charge in [-0.25, -0.2) is 0 Å². The number of furan rings is 1. The van der Waals surface area contributed by atoms with Crippen LogP contribution in [0.1, 0.15) is 16.1 Å². The van der Waals surface area contributed by atoms with Crippen LogP contribution < -0.4 is 9.47 Å². The van der Waals surface area contributed by atoms with E-state index in [-0.39, 0.29) is 5.91 Å². The van der Waals surface area contributed by atoms with Crippen LogP contribution in [-0.4, -0.2) is 48.9 Å². The molecular formula is C17H18N2O4. The minimum absolute atomic E-state index is 0.0512. The van der Waals surface area contributed by atoms with Gasteiger partial charge in [-0.05, 0) is 20.0 Å². The number of ether oxygens (including phenoxy) is 2. The van der Waals surface area contributed by atoms with E-state index < -0.39 is 0 Å². The summed E-state index contributed by atoms with van der Waals surface area (Å²) < 4.78 is 16.7. The second kappa shape index (κ2) is 5.31. The number of hydrogen-bond acceptors (Lipinski definition) is 5. The Morgan fingerprint density at radius 1 is 1.04 bits per heavy atom. The third-order valence-electron chi connectivity index (χ3n) is 4.43. The highest BCUT2D eigenvalue weighted by Crippen LogP contribution is 2.38. The number of carbonyl (C=O) groups excluding carboxylic acids is 1. The smallest absolute Gasteiger partial charge is 0.289 e. The molecule has 3 heterocycles. The lowest BCUT2D eigenvalue weighted by Crippen LogP contribution is -2.47. The summed E-state index contributed by atoms with van der Waals surface area (Å²) in [5.74, 6) is 1.57. The minimum atomic E-state index is -0.0512. The number of nitrogens with zero attached hydrogens (tertiary/aromatic N) is 2. The van der Waals surface area contributed by atoms with Crippen molar-refractivity contribution in [1.29, 1.82) is 0 Å². The molecular weight excluding hydrogens is 296 g/mol. The van der Waals surface area contributed by atoms with Crippen LogP contribution in [0.3, 0.4) is 0 Å². The van der Waals surface area contributed by atoms with Crippen LogP contribution in [0.4, 0.5) is 0 Å². The van der Waals surface area contributed by atoms with Crippen molar-refractivity contribution in [2.24, 2.45) is 0 Å². The molecule has 0 spiro atoms. The standard InChI is InChI=1S/C17H18N2O4/c1-11-12-9-14-15(22-8-7-21-14)10-13(12)23-16(11)17(20)19-5-3-18(2)4-6-19/h7-10H,3-6H2,1-2H3. The van der Waals surface area contributed by atoms with Gasteiger partial charge in [0.15, 0.2) is 17.3 Å². The Kier molecular flexibility index (Phi) is 3.27. The van der Waals surface area contributed by atoms with Crippen molar-refractivity contribution in [3.8, 4) is 11.5 Å². The Morgan fingerprint density at radius 2 is 1.70 bits per heavy atom. The van der Waals surface area contributed by atoms with Crippen LogP contribution in [0.5, 0.6) is 11.5 Å². The van der Waals surface area contributed by atoms with E-state index in [2.05, 4.69) is 11.9 Å². The molecule has 23 heavy (non-hydrogen) atoms. The van der Waals surface area contributed by atoms with E-state index in [1.165, 1.54) is 12.5 Å². The van der Waals surface area contributed by atoms with E-state index in [1.807, 2.05) is 17.9 Å². The summed E-state index contributed by atoms with van der Waals surface area (Å²) in [5.41, 5.74) is 1.47. The van der Waals surface area contributed by atoms with Crippen molar-refractivity contribution < 1.29 is 18.7 Å². The first-order chi connectivity index (χ1) is 11.1. The molecule has 0 radical (unpaired) electrons. The van der Waals surface area contributed by atoms with Crippen molar-refractivity contribution in [3.05, 3.63) is 36.0 Å². The zero-order valence-corrected chi connectivity index (χ0v) is 13.2. The van der Waals surface area contributed by atoms with E-state index in [0.29, 0.717) is 22.8 Å². The number of piperazine rings is 1. The first-order valence-electron chi connectivity index (χ1n) is 7.67. The molecule has 1 fully saturated rings. The van der Waals surface area contributed by atoms with Gasteiger partial charge in [0.25, 0.3) is 5.91 Å². The van der Waals surface area contributed by atoms with Gasteiger partial charge in [0.1, 0.15) is 18.1 Å². The summed E-state index contributed by atoms with van der Waals surface area (Å²) in [6.07, 6.45) is 2.96. The first kappa shape index (κ1) is 14.1. The van der Waals surface area contributed by atoms with Gasteiger partial charge in [-0.3, -0.25) is 4.79 Å². The second-order valence-corrected chi connectivity index (χ2v) is 5.95. The maximum atomic E-state index is 12.8. The predicted molar refractivity (Wildman–Crippen MR) is 84.7 cm³/mol. The number of fused-ring (bicyclic) bond motifs is 2. The predicted octanol–water partition coefficient (Wildman–Crippen LogP) is 2.37. The van der Waals surface area contributed by atoms with Crippen LogP contribution >= 0.6 is 0 Å². The van der Waals surface area contributed by atoms with Gasteiger partial charge >= 0.3 is 0 Å². The fraction of sp³-hybridized carbons (Fsp3) is 0.353. The highest BCUT2D eigenvalue weighted by atomic mass is 16.5. The molecule has 120 valence electrons. The summed E-state index contributed by atoms with van der Waals surface area (Å²) in [6, 6.07) is 3.62. The van der Waals surface area contributed by atoms with E-state index in [9.17, 15) is 4.79 Å². The average Bonchev–Trinajstić information content (AvgIpc) is 2.89. The average molecular weight is 314 g/mol. The van der Waals surface area contributed by atoms with E-state index in [4.69, 9.17) is 13.9 Å². The monoisotopic (exact) mass is 314 g/mol. The zero-order valence-electron chi connectivity index (χ0n) is 13.2. The fourth-order valence-corrected chi connectivity index (χ4v) is 2.97. The first-order valence-corrected chi connectivity index (χ1v) is 7.67. The van der Waals surface area contributed by atoms with Crippen LogP contribution in [0, 0.1) is 6.92 Å². The molecule has 1 saturated heterocycles. The lowest BCUT2D eigenvalue weighted by Gasteiger charge is -2.31. The van der Waals surface area contributed by atoms with Crippen molar-refractivity contribution in [2.75, 3.05) is 33.2 Å². The van der Waals surface area contributed by atoms with Crippen LogP contribution in [0.2, 0.25) is 0 Å². The number of aryl methyl sites for hydroxylation is 1. The lowest BCUT2D eigenvalue weighted by molar-refractivity contribution is 0.0634. The molecule has 6 heteroatoms. The summed E-state index contributed by atoms with van der Waals surface area (Å²) in [5, 5.41) is 0.875. The van der Waals surface area contributed by atoms with Gasteiger partial charge in [-0.1, -0.05) is 0 Å². The summed E-state index contributed by atoms with van der Waals surface area (Å²) >= 11 is 0. The van der Waals surface area contributed by atoms with E-state index in [0.717, 1.165) is 37.1 Å². The highest BCUT2D eigenvalue weighted by Gasteiger charge is 2.26. The summed E-state index contributed by atoms with van der Waals surface area (Å²) in [7, 11) is 2.06. The van der Waals surface area contributed by atoms with Crippen LogP contribution in [-0.2, 0) is 0 Å². The number of hydrogen-bond donors (Lipinski definition) is 0. The Balaban J connectivity index is 1.70. The van der Waals surface area contributed by atoms with E-state index in [1.54, 1.807) is 6.07 Å². The molecule has 0 N–H and O–H groups in total. The molecule has 0 atom stereocenters. The van der Waals surface area contributed by atoms with Crippen LogP contribution in [0.25, 0.3) is 11.0 Å². The van der Waals surface area contributed by atoms with Gasteiger partial charge in [0.2, 0.25) is 0 Å². The van der Waals surface area contributed by atoms with Crippen molar-refractivity contribution >= 4 is 16.9 Å². The van der Waals surface area contributed by atoms with E-state index >= 15 is 0 Å². The summed E-state index contributed by atoms with van der Waals surface area (Å²) in [6.45, 7) is 5.11. The fourth-order valence-electron chi connectivity index (χ4n) is 2.97.